The molecule has 0 saturated carbocycles. The van der Waals surface area contributed by atoms with Gasteiger partial charge in [-0.1, -0.05) is 18.2 Å². The van der Waals surface area contributed by atoms with Gasteiger partial charge in [-0.2, -0.15) is 0 Å². The predicted octanol–water partition coefficient (Wildman–Crippen LogP) is 5.06. The van der Waals surface area contributed by atoms with Crippen molar-refractivity contribution in [3.05, 3.63) is 76.5 Å². The minimum absolute atomic E-state index is 0.00618. The Morgan fingerprint density at radius 3 is 2.58 bits per heavy atom. The highest BCUT2D eigenvalue weighted by atomic mass is 19.1. The first-order chi connectivity index (χ1) is 15.9. The lowest BCUT2D eigenvalue weighted by Crippen LogP contribution is -2.50. The Morgan fingerprint density at radius 2 is 1.88 bits per heavy atom. The van der Waals surface area contributed by atoms with Gasteiger partial charge in [0.2, 0.25) is 0 Å². The monoisotopic (exact) mass is 452 g/mol. The van der Waals surface area contributed by atoms with Gasteiger partial charge < -0.3 is 14.8 Å². The molecule has 2 aliphatic heterocycles. The third-order valence-corrected chi connectivity index (χ3v) is 6.83. The van der Waals surface area contributed by atoms with Crippen LogP contribution in [0, 0.1) is 11.6 Å². The number of carbonyl (C=O) groups is 1. The van der Waals surface area contributed by atoms with E-state index in [0.717, 1.165) is 47.5 Å². The van der Waals surface area contributed by atoms with E-state index in [1.54, 1.807) is 0 Å². The summed E-state index contributed by atoms with van der Waals surface area (Å²) in [5, 5.41) is 9.94. The SMILES string of the molecule is C[C@@H]1Cc2c([nH]c3ccccc23)[C@@H](c2c(F)cc(C=CC(=O)O)cc2F)N1C1CCOCC1. The molecule has 2 N–H and O–H groups in total. The van der Waals surface area contributed by atoms with Crippen LogP contribution in [-0.2, 0) is 16.0 Å². The number of halogens is 2. The average Bonchev–Trinajstić information content (AvgIpc) is 3.16. The Balaban J connectivity index is 1.69. The predicted molar refractivity (Wildman–Crippen MR) is 122 cm³/mol. The van der Waals surface area contributed by atoms with Gasteiger partial charge in [0.25, 0.3) is 0 Å². The van der Waals surface area contributed by atoms with E-state index < -0.39 is 23.6 Å². The molecule has 1 fully saturated rings. The van der Waals surface area contributed by atoms with Gasteiger partial charge in [-0.25, -0.2) is 13.6 Å². The molecule has 2 aromatic carbocycles. The molecule has 0 spiro atoms. The van der Waals surface area contributed by atoms with E-state index >= 15 is 8.78 Å². The quantitative estimate of drug-likeness (QED) is 0.543. The molecule has 1 aromatic heterocycles. The molecule has 7 heteroatoms. The molecule has 5 nitrogen and oxygen atoms in total. The zero-order valence-corrected chi connectivity index (χ0v) is 18.4. The van der Waals surface area contributed by atoms with E-state index in [9.17, 15) is 4.79 Å². The number of ether oxygens (including phenoxy) is 1. The maximum absolute atomic E-state index is 15.6. The number of hydrogen-bond donors (Lipinski definition) is 2. The number of fused-ring (bicyclic) bond motifs is 3. The van der Waals surface area contributed by atoms with E-state index in [-0.39, 0.29) is 23.2 Å². The van der Waals surface area contributed by atoms with Gasteiger partial charge in [0, 0.05) is 53.5 Å². The lowest BCUT2D eigenvalue weighted by molar-refractivity contribution is -0.131. The minimum atomic E-state index is -1.17. The maximum Gasteiger partial charge on any atom is 0.328 e. The van der Waals surface area contributed by atoms with Crippen LogP contribution < -0.4 is 0 Å². The molecule has 3 aromatic rings. The summed E-state index contributed by atoms with van der Waals surface area (Å²) in [6.45, 7) is 3.38. The summed E-state index contributed by atoms with van der Waals surface area (Å²) in [6.07, 6.45) is 4.47. The molecule has 5 rings (SSSR count). The van der Waals surface area contributed by atoms with E-state index in [1.807, 2.05) is 24.3 Å². The molecule has 172 valence electrons. The van der Waals surface area contributed by atoms with E-state index in [4.69, 9.17) is 9.84 Å². The number of aromatic nitrogens is 1. The molecule has 1 saturated heterocycles. The van der Waals surface area contributed by atoms with Crippen LogP contribution in [0.4, 0.5) is 8.78 Å². The van der Waals surface area contributed by atoms with Gasteiger partial charge in [-0.05, 0) is 61.6 Å². The van der Waals surface area contributed by atoms with Crippen LogP contribution in [0.2, 0.25) is 0 Å². The number of rotatable bonds is 4. The average molecular weight is 453 g/mol. The topological polar surface area (TPSA) is 65.6 Å². The molecule has 2 aliphatic rings. The number of nitrogens with one attached hydrogen (secondary N) is 1. The number of carboxylic acid groups (broad SMARTS) is 1. The Hall–Kier alpha value is -3.03. The van der Waals surface area contributed by atoms with Crippen LogP contribution in [0.1, 0.15) is 48.2 Å². The summed E-state index contributed by atoms with van der Waals surface area (Å²) < 4.78 is 36.7. The van der Waals surface area contributed by atoms with Crippen molar-refractivity contribution in [1.29, 1.82) is 0 Å². The summed E-state index contributed by atoms with van der Waals surface area (Å²) in [5.74, 6) is -2.53. The summed E-state index contributed by atoms with van der Waals surface area (Å²) in [7, 11) is 0. The third-order valence-electron chi connectivity index (χ3n) is 6.83. The van der Waals surface area contributed by atoms with E-state index in [1.165, 1.54) is 18.2 Å². The van der Waals surface area contributed by atoms with Crippen molar-refractivity contribution in [2.45, 2.75) is 44.3 Å². The zero-order valence-electron chi connectivity index (χ0n) is 18.4. The van der Waals surface area contributed by atoms with Gasteiger partial charge in [0.1, 0.15) is 11.6 Å². The molecule has 0 radical (unpaired) electrons. The van der Waals surface area contributed by atoms with Gasteiger partial charge >= 0.3 is 5.97 Å². The largest absolute Gasteiger partial charge is 0.478 e. The number of para-hydroxylation sites is 1. The van der Waals surface area contributed by atoms with Gasteiger partial charge in [0.15, 0.2) is 0 Å². The van der Waals surface area contributed by atoms with Crippen molar-refractivity contribution in [2.24, 2.45) is 0 Å². The van der Waals surface area contributed by atoms with Crippen molar-refractivity contribution >= 4 is 22.9 Å². The van der Waals surface area contributed by atoms with Crippen molar-refractivity contribution < 1.29 is 23.4 Å². The molecule has 33 heavy (non-hydrogen) atoms. The normalized spacial score (nSPS) is 22.2. The van der Waals surface area contributed by atoms with Crippen molar-refractivity contribution in [2.75, 3.05) is 13.2 Å². The van der Waals surface area contributed by atoms with Gasteiger partial charge in [-0.3, -0.25) is 4.90 Å². The first kappa shape index (κ1) is 21.8. The Labute approximate surface area is 190 Å². The van der Waals surface area contributed by atoms with Gasteiger partial charge in [-0.15, -0.1) is 0 Å². The smallest absolute Gasteiger partial charge is 0.328 e. The second-order valence-electron chi connectivity index (χ2n) is 8.88. The number of aromatic amines is 1. The number of aliphatic carboxylic acids is 1. The fraction of sp³-hybridized carbons (Fsp3) is 0.346. The van der Waals surface area contributed by atoms with Crippen molar-refractivity contribution in [3.63, 3.8) is 0 Å². The van der Waals surface area contributed by atoms with E-state index in [0.29, 0.717) is 13.2 Å². The maximum atomic E-state index is 15.6. The number of nitrogens with zero attached hydrogens (tertiary/aromatic N) is 1. The molecule has 0 aliphatic carbocycles. The molecular weight excluding hydrogens is 426 g/mol. The fourth-order valence-electron chi connectivity index (χ4n) is 5.45. The first-order valence-corrected chi connectivity index (χ1v) is 11.3. The second kappa shape index (κ2) is 8.72. The summed E-state index contributed by atoms with van der Waals surface area (Å²) in [4.78, 5) is 16.5. The van der Waals surface area contributed by atoms with Crippen molar-refractivity contribution in [3.8, 4) is 0 Å². The van der Waals surface area contributed by atoms with Crippen LogP contribution >= 0.6 is 0 Å². The fourth-order valence-corrected chi connectivity index (χ4v) is 5.45. The lowest BCUT2D eigenvalue weighted by Gasteiger charge is -2.46. The van der Waals surface area contributed by atoms with Crippen LogP contribution in [0.15, 0.2) is 42.5 Å². The molecule has 0 unspecified atom stereocenters. The Morgan fingerprint density at radius 1 is 1.18 bits per heavy atom. The van der Waals surface area contributed by atoms with Crippen LogP contribution in [-0.4, -0.2) is 46.3 Å². The highest BCUT2D eigenvalue weighted by molar-refractivity contribution is 5.86. The first-order valence-electron chi connectivity index (χ1n) is 11.3. The summed E-state index contributed by atoms with van der Waals surface area (Å²) in [5.41, 5.74) is 3.05. The molecule has 2 atom stereocenters. The second-order valence-corrected chi connectivity index (χ2v) is 8.88. The van der Waals surface area contributed by atoms with Crippen LogP contribution in [0.3, 0.4) is 0 Å². The number of benzene rings is 2. The Bertz CT molecular complexity index is 1210. The molecular formula is C26H26F2N2O3. The van der Waals surface area contributed by atoms with Crippen LogP contribution in [0.5, 0.6) is 0 Å². The number of hydrogen-bond acceptors (Lipinski definition) is 3. The van der Waals surface area contributed by atoms with Crippen LogP contribution in [0.25, 0.3) is 17.0 Å². The molecule has 0 bridgehead atoms. The highest BCUT2D eigenvalue weighted by Crippen LogP contribution is 2.44. The summed E-state index contributed by atoms with van der Waals surface area (Å²) in [6, 6.07) is 9.99. The summed E-state index contributed by atoms with van der Waals surface area (Å²) >= 11 is 0. The lowest BCUT2D eigenvalue weighted by atomic mass is 9.85. The Kier molecular flexibility index (Phi) is 5.76. The highest BCUT2D eigenvalue weighted by Gasteiger charge is 2.42. The zero-order chi connectivity index (χ0) is 23.1. The van der Waals surface area contributed by atoms with E-state index in [2.05, 4.69) is 16.8 Å². The number of carboxylic acids is 1. The molecule has 0 amide bonds. The standard InChI is InChI=1S/C26H26F2N2O3/c1-15-12-19-18-4-2-3-5-22(18)29-25(19)26(30(15)17-8-10-33-11-9-17)24-20(27)13-16(14-21(24)28)6-7-23(31)32/h2-7,13-15,17,26,29H,8-12H2,1H3,(H,31,32)/t15-,26-/m1/s1. The van der Waals surface area contributed by atoms with Crippen molar-refractivity contribution in [1.82, 2.24) is 9.88 Å². The molecule has 3 heterocycles. The van der Waals surface area contributed by atoms with Gasteiger partial charge in [0.05, 0.1) is 6.04 Å². The minimum Gasteiger partial charge on any atom is -0.478 e. The number of H-pyrrole nitrogens is 1. The third kappa shape index (κ3) is 3.96.